The zero-order valence-corrected chi connectivity index (χ0v) is 15.0. The molecule has 1 amide bonds. The maximum Gasteiger partial charge on any atom is 0.274 e. The highest BCUT2D eigenvalue weighted by atomic mass is 16.5. The normalized spacial score (nSPS) is 15.2. The highest BCUT2D eigenvalue weighted by molar-refractivity contribution is 5.97. The monoisotopic (exact) mass is 360 g/mol. The first-order valence-electron chi connectivity index (χ1n) is 8.81. The van der Waals surface area contributed by atoms with Crippen molar-refractivity contribution < 1.29 is 9.53 Å². The van der Waals surface area contributed by atoms with Crippen LogP contribution in [0.4, 0.5) is 5.82 Å². The average molecular weight is 360 g/mol. The van der Waals surface area contributed by atoms with Crippen molar-refractivity contribution in [3.63, 3.8) is 0 Å². The molecule has 3 N–H and O–H groups in total. The first kappa shape index (κ1) is 17.0. The number of rotatable bonds is 4. The first-order valence-corrected chi connectivity index (χ1v) is 8.81. The van der Waals surface area contributed by atoms with E-state index in [0.29, 0.717) is 5.69 Å². The standard InChI is InChI=1S/C21H20N4O2/c1-27-15-9-6-14(7-10-15)18-12-23-20(22)19(24-18)21(26)25-17-11-8-13-4-2-3-5-16(13)17/h2-7,9-10,12,17H,8,11H2,1H3,(H2,22,23)(H,25,26)/t17-/m1/s1. The van der Waals surface area contributed by atoms with E-state index >= 15 is 0 Å². The summed E-state index contributed by atoms with van der Waals surface area (Å²) < 4.78 is 5.17. The Morgan fingerprint density at radius 2 is 1.96 bits per heavy atom. The molecule has 4 rings (SSSR count). The number of benzene rings is 2. The number of nitrogen functional groups attached to an aromatic ring is 1. The molecule has 0 unspecified atom stereocenters. The minimum Gasteiger partial charge on any atom is -0.497 e. The number of methoxy groups -OCH3 is 1. The molecule has 0 radical (unpaired) electrons. The summed E-state index contributed by atoms with van der Waals surface area (Å²) in [5.41, 5.74) is 9.93. The number of anilines is 1. The van der Waals surface area contributed by atoms with Gasteiger partial charge in [-0.25, -0.2) is 9.97 Å². The summed E-state index contributed by atoms with van der Waals surface area (Å²) in [4.78, 5) is 21.4. The minimum atomic E-state index is -0.308. The highest BCUT2D eigenvalue weighted by Crippen LogP contribution is 2.31. The average Bonchev–Trinajstić information content (AvgIpc) is 3.11. The van der Waals surface area contributed by atoms with Gasteiger partial charge in [0.15, 0.2) is 11.5 Å². The number of carbonyl (C=O) groups excluding carboxylic acids is 1. The topological polar surface area (TPSA) is 90.1 Å². The molecule has 0 fully saturated rings. The van der Waals surface area contributed by atoms with Gasteiger partial charge in [-0.15, -0.1) is 0 Å². The molecule has 1 aromatic heterocycles. The lowest BCUT2D eigenvalue weighted by Gasteiger charge is -2.15. The predicted octanol–water partition coefficient (Wildman–Crippen LogP) is 3.15. The molecule has 6 nitrogen and oxygen atoms in total. The third kappa shape index (κ3) is 3.33. The zero-order chi connectivity index (χ0) is 18.8. The van der Waals surface area contributed by atoms with E-state index in [2.05, 4.69) is 27.4 Å². The SMILES string of the molecule is COc1ccc(-c2cnc(N)c(C(=O)N[C@@H]3CCc4ccccc43)n2)cc1. The second-order valence-corrected chi connectivity index (χ2v) is 6.48. The van der Waals surface area contributed by atoms with Crippen molar-refractivity contribution in [3.8, 4) is 17.0 Å². The van der Waals surface area contributed by atoms with Crippen LogP contribution in [-0.4, -0.2) is 23.0 Å². The van der Waals surface area contributed by atoms with Crippen LogP contribution in [0.1, 0.15) is 34.1 Å². The van der Waals surface area contributed by atoms with Gasteiger partial charge in [0.2, 0.25) is 0 Å². The van der Waals surface area contributed by atoms with E-state index in [0.717, 1.165) is 29.7 Å². The van der Waals surface area contributed by atoms with Crippen molar-refractivity contribution in [1.29, 1.82) is 0 Å². The second kappa shape index (κ2) is 7.07. The molecule has 2 aromatic carbocycles. The molecule has 6 heteroatoms. The summed E-state index contributed by atoms with van der Waals surface area (Å²) in [6.07, 6.45) is 3.39. The van der Waals surface area contributed by atoms with E-state index in [4.69, 9.17) is 10.5 Å². The van der Waals surface area contributed by atoms with Crippen molar-refractivity contribution >= 4 is 11.7 Å². The van der Waals surface area contributed by atoms with Crippen LogP contribution in [0.2, 0.25) is 0 Å². The number of amides is 1. The van der Waals surface area contributed by atoms with Crippen LogP contribution in [-0.2, 0) is 6.42 Å². The number of hydrogen-bond donors (Lipinski definition) is 2. The Bertz CT molecular complexity index is 986. The first-order chi connectivity index (χ1) is 13.2. The molecule has 136 valence electrons. The van der Waals surface area contributed by atoms with Crippen LogP contribution in [0.25, 0.3) is 11.3 Å². The van der Waals surface area contributed by atoms with Gasteiger partial charge in [-0.2, -0.15) is 0 Å². The lowest BCUT2D eigenvalue weighted by Crippen LogP contribution is -2.29. The Morgan fingerprint density at radius 1 is 1.19 bits per heavy atom. The van der Waals surface area contributed by atoms with E-state index < -0.39 is 0 Å². The third-order valence-corrected chi connectivity index (χ3v) is 4.84. The van der Waals surface area contributed by atoms with Gasteiger partial charge in [-0.1, -0.05) is 24.3 Å². The molecule has 0 saturated heterocycles. The summed E-state index contributed by atoms with van der Waals surface area (Å²) in [6, 6.07) is 15.5. The van der Waals surface area contributed by atoms with E-state index in [-0.39, 0.29) is 23.5 Å². The molecule has 0 bridgehead atoms. The van der Waals surface area contributed by atoms with Crippen LogP contribution in [0, 0.1) is 0 Å². The Labute approximate surface area is 157 Å². The molecule has 0 spiro atoms. The molecule has 1 aliphatic rings. The molecular formula is C21H20N4O2. The highest BCUT2D eigenvalue weighted by Gasteiger charge is 2.25. The molecular weight excluding hydrogens is 340 g/mol. The number of fused-ring (bicyclic) bond motifs is 1. The molecule has 1 heterocycles. The van der Waals surface area contributed by atoms with Crippen molar-refractivity contribution in [2.45, 2.75) is 18.9 Å². The maximum atomic E-state index is 12.8. The summed E-state index contributed by atoms with van der Waals surface area (Å²) in [5.74, 6) is 0.563. The predicted molar refractivity (Wildman–Crippen MR) is 103 cm³/mol. The van der Waals surface area contributed by atoms with Crippen molar-refractivity contribution in [1.82, 2.24) is 15.3 Å². The van der Waals surface area contributed by atoms with Crippen LogP contribution in [0.5, 0.6) is 5.75 Å². The van der Waals surface area contributed by atoms with Crippen LogP contribution in [0.3, 0.4) is 0 Å². The molecule has 3 aromatic rings. The molecule has 1 aliphatic carbocycles. The number of nitrogens with one attached hydrogen (secondary N) is 1. The van der Waals surface area contributed by atoms with E-state index in [9.17, 15) is 4.79 Å². The van der Waals surface area contributed by atoms with Gasteiger partial charge in [0.1, 0.15) is 5.75 Å². The fraction of sp³-hybridized carbons (Fsp3) is 0.190. The Hall–Kier alpha value is -3.41. The largest absolute Gasteiger partial charge is 0.497 e. The number of ether oxygens (including phenoxy) is 1. The summed E-state index contributed by atoms with van der Waals surface area (Å²) in [5, 5.41) is 3.05. The third-order valence-electron chi connectivity index (χ3n) is 4.84. The smallest absolute Gasteiger partial charge is 0.274 e. The van der Waals surface area contributed by atoms with Crippen LogP contribution in [0.15, 0.2) is 54.7 Å². The summed E-state index contributed by atoms with van der Waals surface area (Å²) >= 11 is 0. The molecule has 27 heavy (non-hydrogen) atoms. The maximum absolute atomic E-state index is 12.8. The lowest BCUT2D eigenvalue weighted by molar-refractivity contribution is 0.0932. The second-order valence-electron chi connectivity index (χ2n) is 6.48. The van der Waals surface area contributed by atoms with Crippen molar-refractivity contribution in [2.75, 3.05) is 12.8 Å². The molecule has 0 aliphatic heterocycles. The fourth-order valence-electron chi connectivity index (χ4n) is 3.40. The molecule has 1 atom stereocenters. The Morgan fingerprint density at radius 3 is 2.74 bits per heavy atom. The van der Waals surface area contributed by atoms with Gasteiger partial charge in [-0.3, -0.25) is 4.79 Å². The lowest BCUT2D eigenvalue weighted by atomic mass is 10.1. The Balaban J connectivity index is 1.58. The number of nitrogens with two attached hydrogens (primary N) is 1. The van der Waals surface area contributed by atoms with E-state index in [1.54, 1.807) is 13.3 Å². The van der Waals surface area contributed by atoms with E-state index in [1.807, 2.05) is 36.4 Å². The zero-order valence-electron chi connectivity index (χ0n) is 15.0. The minimum absolute atomic E-state index is 0.0282. The number of nitrogens with zero attached hydrogens (tertiary/aromatic N) is 2. The van der Waals surface area contributed by atoms with Gasteiger partial charge < -0.3 is 15.8 Å². The number of aryl methyl sites for hydroxylation is 1. The summed E-state index contributed by atoms with van der Waals surface area (Å²) in [6.45, 7) is 0. The van der Waals surface area contributed by atoms with Gasteiger partial charge in [0.05, 0.1) is 25.0 Å². The van der Waals surface area contributed by atoms with Gasteiger partial charge in [0, 0.05) is 5.56 Å². The van der Waals surface area contributed by atoms with Gasteiger partial charge in [-0.05, 0) is 48.2 Å². The van der Waals surface area contributed by atoms with Gasteiger partial charge in [0.25, 0.3) is 5.91 Å². The van der Waals surface area contributed by atoms with Gasteiger partial charge >= 0.3 is 0 Å². The quantitative estimate of drug-likeness (QED) is 0.746. The van der Waals surface area contributed by atoms with Crippen molar-refractivity contribution in [3.05, 3.63) is 71.5 Å². The number of hydrogen-bond acceptors (Lipinski definition) is 5. The van der Waals surface area contributed by atoms with Crippen molar-refractivity contribution in [2.24, 2.45) is 0 Å². The fourth-order valence-corrected chi connectivity index (χ4v) is 3.40. The summed E-state index contributed by atoms with van der Waals surface area (Å²) in [7, 11) is 1.61. The van der Waals surface area contributed by atoms with E-state index in [1.165, 1.54) is 5.56 Å². The van der Waals surface area contributed by atoms with Crippen LogP contribution >= 0.6 is 0 Å². The Kier molecular flexibility index (Phi) is 4.46. The number of aromatic nitrogens is 2. The molecule has 0 saturated carbocycles. The van der Waals surface area contributed by atoms with Crippen LogP contribution < -0.4 is 15.8 Å². The number of carbonyl (C=O) groups is 1.